The van der Waals surface area contributed by atoms with Crippen LogP contribution in [0.4, 0.5) is 0 Å². The normalized spacial score (nSPS) is 11.2. The highest BCUT2D eigenvalue weighted by molar-refractivity contribution is 14.0. The summed E-state index contributed by atoms with van der Waals surface area (Å²) in [7, 11) is 0. The summed E-state index contributed by atoms with van der Waals surface area (Å²) in [5.74, 6) is 0.817. The van der Waals surface area contributed by atoms with Crippen molar-refractivity contribution in [2.24, 2.45) is 4.99 Å². The Bertz CT molecular complexity index is 869. The summed E-state index contributed by atoms with van der Waals surface area (Å²) in [5, 5.41) is 12.2. The number of aliphatic imine (C=N–C) groups is 1. The monoisotopic (exact) mass is 510 g/mol. The zero-order chi connectivity index (χ0) is 19.1. The van der Waals surface area contributed by atoms with Crippen LogP contribution in [0.2, 0.25) is 0 Å². The molecule has 0 amide bonds. The van der Waals surface area contributed by atoms with E-state index in [0.29, 0.717) is 6.54 Å². The van der Waals surface area contributed by atoms with Gasteiger partial charge in [0.1, 0.15) is 0 Å². The van der Waals surface area contributed by atoms with Crippen LogP contribution in [0.3, 0.4) is 0 Å². The Balaban J connectivity index is 0.00000280. The predicted molar refractivity (Wildman–Crippen MR) is 127 cm³/mol. The molecule has 8 heteroatoms. The van der Waals surface area contributed by atoms with Crippen LogP contribution in [0, 0.1) is 13.8 Å². The molecule has 0 radical (unpaired) electrons. The standard InChI is InChI=1S/C20H26N6S.HI/c1-4-21-20(22-12-10-19-25-15(2)16(3)27-19)23-14-17-8-5-6-9-18(17)26-13-7-11-24-26;/h5-9,11,13H,4,10,12,14H2,1-3H3,(H2,21,22,23);1H. The second kappa shape index (κ2) is 11.2. The lowest BCUT2D eigenvalue weighted by molar-refractivity contribution is 0.792. The molecule has 2 N–H and O–H groups in total. The third-order valence-corrected chi connectivity index (χ3v) is 5.33. The fourth-order valence-electron chi connectivity index (χ4n) is 2.72. The molecule has 0 aliphatic rings. The molecular formula is C20H27IN6S. The van der Waals surface area contributed by atoms with E-state index in [2.05, 4.69) is 53.6 Å². The molecule has 2 aromatic heterocycles. The number of para-hydroxylation sites is 1. The largest absolute Gasteiger partial charge is 0.357 e. The Labute approximate surface area is 187 Å². The summed E-state index contributed by atoms with van der Waals surface area (Å²) in [6, 6.07) is 10.1. The molecule has 0 saturated carbocycles. The van der Waals surface area contributed by atoms with E-state index in [0.717, 1.165) is 47.4 Å². The van der Waals surface area contributed by atoms with Gasteiger partial charge in [-0.15, -0.1) is 35.3 Å². The fraction of sp³-hybridized carbons (Fsp3) is 0.350. The molecule has 1 aromatic carbocycles. The number of benzene rings is 1. The van der Waals surface area contributed by atoms with Gasteiger partial charge in [-0.1, -0.05) is 18.2 Å². The third-order valence-electron chi connectivity index (χ3n) is 4.20. The molecule has 0 spiro atoms. The van der Waals surface area contributed by atoms with Gasteiger partial charge in [-0.3, -0.25) is 0 Å². The van der Waals surface area contributed by atoms with E-state index < -0.39 is 0 Å². The number of nitrogens with one attached hydrogen (secondary N) is 2. The van der Waals surface area contributed by atoms with Gasteiger partial charge in [0.2, 0.25) is 0 Å². The van der Waals surface area contributed by atoms with Crippen LogP contribution in [0.15, 0.2) is 47.7 Å². The van der Waals surface area contributed by atoms with Gasteiger partial charge in [0.25, 0.3) is 0 Å². The number of aromatic nitrogens is 3. The summed E-state index contributed by atoms with van der Waals surface area (Å²) in [5.41, 5.74) is 3.31. The molecule has 0 saturated heterocycles. The summed E-state index contributed by atoms with van der Waals surface area (Å²) < 4.78 is 1.87. The zero-order valence-electron chi connectivity index (χ0n) is 16.5. The maximum Gasteiger partial charge on any atom is 0.191 e. The predicted octanol–water partition coefficient (Wildman–Crippen LogP) is 3.86. The summed E-state index contributed by atoms with van der Waals surface area (Å²) in [6.07, 6.45) is 4.63. The first-order valence-electron chi connectivity index (χ1n) is 9.20. The topological polar surface area (TPSA) is 67.1 Å². The molecule has 0 unspecified atom stereocenters. The molecular weight excluding hydrogens is 483 g/mol. The Kier molecular flexibility index (Phi) is 8.91. The number of hydrogen-bond acceptors (Lipinski definition) is 4. The van der Waals surface area contributed by atoms with Crippen molar-refractivity contribution in [2.75, 3.05) is 13.1 Å². The Morgan fingerprint density at radius 3 is 2.68 bits per heavy atom. The van der Waals surface area contributed by atoms with Crippen molar-refractivity contribution in [2.45, 2.75) is 33.7 Å². The lowest BCUT2D eigenvalue weighted by Crippen LogP contribution is -2.38. The van der Waals surface area contributed by atoms with Gasteiger partial charge in [0, 0.05) is 36.8 Å². The number of rotatable bonds is 7. The molecule has 2 heterocycles. The minimum atomic E-state index is 0. The van der Waals surface area contributed by atoms with E-state index in [4.69, 9.17) is 4.99 Å². The highest BCUT2D eigenvalue weighted by Crippen LogP contribution is 2.16. The van der Waals surface area contributed by atoms with E-state index in [1.165, 1.54) is 4.88 Å². The number of guanidine groups is 1. The van der Waals surface area contributed by atoms with E-state index in [1.54, 1.807) is 17.5 Å². The highest BCUT2D eigenvalue weighted by Gasteiger charge is 2.06. The average Bonchev–Trinajstić information content (AvgIpc) is 3.30. The molecule has 0 atom stereocenters. The Morgan fingerprint density at radius 1 is 1.18 bits per heavy atom. The summed E-state index contributed by atoms with van der Waals surface area (Å²) >= 11 is 1.77. The van der Waals surface area contributed by atoms with Crippen LogP contribution >= 0.6 is 35.3 Å². The molecule has 6 nitrogen and oxygen atoms in total. The van der Waals surface area contributed by atoms with E-state index in [9.17, 15) is 0 Å². The quantitative estimate of drug-likeness (QED) is 0.288. The van der Waals surface area contributed by atoms with Crippen molar-refractivity contribution in [3.05, 3.63) is 63.9 Å². The number of thiazole rings is 1. The van der Waals surface area contributed by atoms with Crippen molar-refractivity contribution in [3.63, 3.8) is 0 Å². The van der Waals surface area contributed by atoms with Crippen molar-refractivity contribution in [1.82, 2.24) is 25.4 Å². The van der Waals surface area contributed by atoms with Crippen LogP contribution in [0.5, 0.6) is 0 Å². The number of hydrogen-bond donors (Lipinski definition) is 2. The molecule has 0 aliphatic heterocycles. The number of halogens is 1. The van der Waals surface area contributed by atoms with Gasteiger partial charge < -0.3 is 10.6 Å². The van der Waals surface area contributed by atoms with E-state index >= 15 is 0 Å². The molecule has 3 rings (SSSR count). The molecule has 0 aliphatic carbocycles. The first-order chi connectivity index (χ1) is 13.2. The van der Waals surface area contributed by atoms with Crippen molar-refractivity contribution in [1.29, 1.82) is 0 Å². The zero-order valence-corrected chi connectivity index (χ0v) is 19.6. The van der Waals surface area contributed by atoms with E-state index in [-0.39, 0.29) is 24.0 Å². The van der Waals surface area contributed by atoms with Crippen molar-refractivity contribution >= 4 is 41.3 Å². The van der Waals surface area contributed by atoms with Crippen LogP contribution < -0.4 is 10.6 Å². The van der Waals surface area contributed by atoms with Gasteiger partial charge in [0.15, 0.2) is 5.96 Å². The lowest BCUT2D eigenvalue weighted by Gasteiger charge is -2.12. The van der Waals surface area contributed by atoms with Gasteiger partial charge in [-0.2, -0.15) is 5.10 Å². The summed E-state index contributed by atoms with van der Waals surface area (Å²) in [6.45, 7) is 8.46. The lowest BCUT2D eigenvalue weighted by atomic mass is 10.2. The average molecular weight is 510 g/mol. The smallest absolute Gasteiger partial charge is 0.191 e. The summed E-state index contributed by atoms with van der Waals surface area (Å²) in [4.78, 5) is 10.6. The SMILES string of the molecule is CCNC(=NCc1ccccc1-n1cccn1)NCCc1nc(C)c(C)s1.I. The van der Waals surface area contributed by atoms with Crippen molar-refractivity contribution in [3.8, 4) is 5.69 Å². The molecule has 150 valence electrons. The molecule has 0 bridgehead atoms. The third kappa shape index (κ3) is 6.03. The van der Waals surface area contributed by atoms with Crippen LogP contribution in [-0.2, 0) is 13.0 Å². The molecule has 3 aromatic rings. The minimum Gasteiger partial charge on any atom is -0.357 e. The van der Waals surface area contributed by atoms with Crippen LogP contribution in [-0.4, -0.2) is 33.8 Å². The highest BCUT2D eigenvalue weighted by atomic mass is 127. The molecule has 0 fully saturated rings. The van der Waals surface area contributed by atoms with Gasteiger partial charge in [0.05, 0.1) is 22.9 Å². The Hall–Kier alpha value is -1.94. The maximum absolute atomic E-state index is 4.74. The first kappa shape index (κ1) is 22.4. The second-order valence-electron chi connectivity index (χ2n) is 6.20. The van der Waals surface area contributed by atoms with Gasteiger partial charge in [-0.05, 0) is 38.5 Å². The van der Waals surface area contributed by atoms with Crippen LogP contribution in [0.25, 0.3) is 5.69 Å². The van der Waals surface area contributed by atoms with Gasteiger partial charge in [-0.25, -0.2) is 14.7 Å². The first-order valence-corrected chi connectivity index (χ1v) is 10.0. The van der Waals surface area contributed by atoms with Crippen molar-refractivity contribution < 1.29 is 0 Å². The number of nitrogens with zero attached hydrogens (tertiary/aromatic N) is 4. The van der Waals surface area contributed by atoms with Crippen LogP contribution in [0.1, 0.15) is 28.1 Å². The minimum absolute atomic E-state index is 0. The molecule has 28 heavy (non-hydrogen) atoms. The number of aryl methyl sites for hydroxylation is 2. The van der Waals surface area contributed by atoms with E-state index in [1.807, 2.05) is 29.1 Å². The maximum atomic E-state index is 4.74. The second-order valence-corrected chi connectivity index (χ2v) is 7.49. The van der Waals surface area contributed by atoms with Gasteiger partial charge >= 0.3 is 0 Å². The Morgan fingerprint density at radius 2 is 2.00 bits per heavy atom. The fourth-order valence-corrected chi connectivity index (χ4v) is 3.65.